The van der Waals surface area contributed by atoms with Crippen LogP contribution in [0.3, 0.4) is 0 Å². The van der Waals surface area contributed by atoms with Gasteiger partial charge in [0, 0.05) is 6.07 Å². The maximum Gasteiger partial charge on any atom is 0.360 e. The number of hydrogen-bond acceptors (Lipinski definition) is 4. The third kappa shape index (κ3) is 3.59. The summed E-state index contributed by atoms with van der Waals surface area (Å²) < 4.78 is 9.16. The Labute approximate surface area is 85.4 Å². The smallest absolute Gasteiger partial charge is 0.360 e. The predicted molar refractivity (Wildman–Crippen MR) is 51.8 cm³/mol. The van der Waals surface area contributed by atoms with Gasteiger partial charge >= 0.3 is 5.97 Å². The summed E-state index contributed by atoms with van der Waals surface area (Å²) in [5.41, 5.74) is 0.196. The monoisotopic (exact) mass is 249 g/mol. The van der Waals surface area contributed by atoms with Crippen LogP contribution >= 0.6 is 15.9 Å². The van der Waals surface area contributed by atoms with Crippen LogP contribution in [0.4, 0.5) is 0 Å². The van der Waals surface area contributed by atoms with E-state index in [-0.39, 0.29) is 5.69 Å². The van der Waals surface area contributed by atoms with Crippen LogP contribution in [0.15, 0.2) is 10.6 Å². The maximum absolute atomic E-state index is 10.8. The predicted octanol–water partition coefficient (Wildman–Crippen LogP) is 2.38. The number of hydrogen-bond donors (Lipinski definition) is 0. The molecule has 0 spiro atoms. The molecule has 0 unspecified atom stereocenters. The minimum atomic E-state index is -0.485. The van der Waals surface area contributed by atoms with Crippen LogP contribution in [0.2, 0.25) is 0 Å². The Morgan fingerprint density at radius 1 is 1.69 bits per heavy atom. The average molecular weight is 250 g/mol. The van der Waals surface area contributed by atoms with Crippen molar-refractivity contribution in [2.75, 3.05) is 7.11 Å². The fourth-order valence-electron chi connectivity index (χ4n) is 0.577. The van der Waals surface area contributed by atoms with Gasteiger partial charge in [-0.05, 0) is 0 Å². The molecule has 0 atom stereocenters. The van der Waals surface area contributed by atoms with Crippen LogP contribution < -0.4 is 0 Å². The van der Waals surface area contributed by atoms with Crippen molar-refractivity contribution in [1.29, 1.82) is 0 Å². The maximum atomic E-state index is 10.8. The highest BCUT2D eigenvalue weighted by Gasteiger charge is 2.10. The van der Waals surface area contributed by atoms with Crippen LogP contribution in [0.25, 0.3) is 0 Å². The highest BCUT2D eigenvalue weighted by molar-refractivity contribution is 9.08. The Balaban J connectivity index is 0.000000671. The number of aromatic nitrogens is 1. The van der Waals surface area contributed by atoms with E-state index in [1.54, 1.807) is 0 Å². The first kappa shape index (κ1) is 12.2. The molecule has 0 aliphatic rings. The summed E-state index contributed by atoms with van der Waals surface area (Å²) in [6.07, 6.45) is 0. The van der Waals surface area contributed by atoms with Crippen LogP contribution in [-0.2, 0) is 10.1 Å². The van der Waals surface area contributed by atoms with E-state index >= 15 is 0 Å². The Hall–Kier alpha value is -0.840. The van der Waals surface area contributed by atoms with Crippen LogP contribution in [0.1, 0.15) is 30.1 Å². The minimum Gasteiger partial charge on any atom is -0.464 e. The van der Waals surface area contributed by atoms with Crippen molar-refractivity contribution in [3.8, 4) is 0 Å². The van der Waals surface area contributed by atoms with Gasteiger partial charge in [-0.15, -0.1) is 0 Å². The normalized spacial score (nSPS) is 8.62. The van der Waals surface area contributed by atoms with Crippen LogP contribution in [0.5, 0.6) is 0 Å². The van der Waals surface area contributed by atoms with Crippen molar-refractivity contribution >= 4 is 21.9 Å². The molecule has 0 aromatic carbocycles. The molecule has 4 nitrogen and oxygen atoms in total. The summed E-state index contributed by atoms with van der Waals surface area (Å²) in [5, 5.41) is 4.02. The molecule has 0 N–H and O–H groups in total. The molecule has 0 fully saturated rings. The van der Waals surface area contributed by atoms with Crippen molar-refractivity contribution < 1.29 is 14.1 Å². The van der Waals surface area contributed by atoms with Crippen LogP contribution in [0, 0.1) is 0 Å². The summed E-state index contributed by atoms with van der Waals surface area (Å²) in [7, 11) is 1.30. The first-order valence-corrected chi connectivity index (χ1v) is 5.00. The van der Waals surface area contributed by atoms with E-state index in [4.69, 9.17) is 4.52 Å². The van der Waals surface area contributed by atoms with Gasteiger partial charge in [-0.1, -0.05) is 34.9 Å². The number of rotatable bonds is 2. The van der Waals surface area contributed by atoms with Crippen LogP contribution in [-0.4, -0.2) is 18.2 Å². The number of esters is 1. The Morgan fingerprint density at radius 3 is 2.69 bits per heavy atom. The molecule has 0 saturated heterocycles. The van der Waals surface area contributed by atoms with Crippen molar-refractivity contribution in [2.24, 2.45) is 0 Å². The van der Waals surface area contributed by atoms with E-state index < -0.39 is 5.97 Å². The quantitative estimate of drug-likeness (QED) is 0.597. The zero-order valence-corrected chi connectivity index (χ0v) is 9.42. The van der Waals surface area contributed by atoms with Crippen molar-refractivity contribution in [1.82, 2.24) is 5.16 Å². The second-order valence-electron chi connectivity index (χ2n) is 1.80. The molecule has 0 saturated carbocycles. The van der Waals surface area contributed by atoms with Gasteiger partial charge in [0.05, 0.1) is 12.4 Å². The fourth-order valence-corrected chi connectivity index (χ4v) is 0.841. The standard InChI is InChI=1S/C6H6BrNO3.C2H6/c1-10-6(9)5-2-4(3-7)11-8-5;1-2/h2H,3H2,1H3;1-2H3. The Bertz CT molecular complexity index is 260. The molecule has 0 radical (unpaired) electrons. The van der Waals surface area contributed by atoms with E-state index in [1.807, 2.05) is 13.8 Å². The topological polar surface area (TPSA) is 52.3 Å². The van der Waals surface area contributed by atoms with Gasteiger partial charge in [-0.25, -0.2) is 4.79 Å². The van der Waals surface area contributed by atoms with E-state index in [0.717, 1.165) is 0 Å². The number of methoxy groups -OCH3 is 1. The minimum absolute atomic E-state index is 0.196. The lowest BCUT2D eigenvalue weighted by Gasteiger charge is -1.88. The Kier molecular flexibility index (Phi) is 6.22. The molecule has 1 aromatic heterocycles. The summed E-state index contributed by atoms with van der Waals surface area (Å²) in [4.78, 5) is 10.8. The lowest BCUT2D eigenvalue weighted by molar-refractivity contribution is 0.0589. The van der Waals surface area contributed by atoms with Crippen molar-refractivity contribution in [2.45, 2.75) is 19.2 Å². The number of halogens is 1. The molecule has 1 rings (SSSR count). The molecule has 1 heterocycles. The molecule has 1 aromatic rings. The molecule has 0 bridgehead atoms. The molecule has 0 aliphatic carbocycles. The third-order valence-corrected chi connectivity index (χ3v) is 1.64. The highest BCUT2D eigenvalue weighted by Crippen LogP contribution is 2.07. The number of alkyl halides is 1. The lowest BCUT2D eigenvalue weighted by atomic mass is 10.4. The number of nitrogens with zero attached hydrogens (tertiary/aromatic N) is 1. The third-order valence-electron chi connectivity index (χ3n) is 1.09. The SMILES string of the molecule is CC.COC(=O)c1cc(CBr)on1. The summed E-state index contributed by atoms with van der Waals surface area (Å²) in [6, 6.07) is 1.53. The number of carbonyl (C=O) groups excluding carboxylic acids is 1. The van der Waals surface area contributed by atoms with Gasteiger partial charge in [-0.3, -0.25) is 0 Å². The number of ether oxygens (including phenoxy) is 1. The summed E-state index contributed by atoms with van der Waals surface area (Å²) >= 11 is 3.16. The van der Waals surface area contributed by atoms with Gasteiger partial charge in [0.1, 0.15) is 5.76 Å². The summed E-state index contributed by atoms with van der Waals surface area (Å²) in [6.45, 7) is 4.00. The first-order valence-electron chi connectivity index (χ1n) is 3.87. The van der Waals surface area contributed by atoms with Gasteiger partial charge < -0.3 is 9.26 Å². The second kappa shape index (κ2) is 6.65. The highest BCUT2D eigenvalue weighted by atomic mass is 79.9. The molecule has 13 heavy (non-hydrogen) atoms. The molecule has 0 amide bonds. The molecular weight excluding hydrogens is 238 g/mol. The first-order chi connectivity index (χ1) is 6.27. The number of carbonyl (C=O) groups is 1. The van der Waals surface area contributed by atoms with Crippen molar-refractivity contribution in [3.05, 3.63) is 17.5 Å². The zero-order chi connectivity index (χ0) is 10.3. The van der Waals surface area contributed by atoms with E-state index in [2.05, 4.69) is 25.8 Å². The van der Waals surface area contributed by atoms with Gasteiger partial charge in [-0.2, -0.15) is 0 Å². The molecule has 5 heteroatoms. The molecular formula is C8H12BrNO3. The lowest BCUT2D eigenvalue weighted by Crippen LogP contribution is -2.00. The summed E-state index contributed by atoms with van der Waals surface area (Å²) in [5.74, 6) is 0.117. The fraction of sp³-hybridized carbons (Fsp3) is 0.500. The van der Waals surface area contributed by atoms with E-state index in [9.17, 15) is 4.79 Å². The largest absolute Gasteiger partial charge is 0.464 e. The van der Waals surface area contributed by atoms with Gasteiger partial charge in [0.25, 0.3) is 0 Å². The van der Waals surface area contributed by atoms with E-state index in [1.165, 1.54) is 13.2 Å². The van der Waals surface area contributed by atoms with E-state index in [0.29, 0.717) is 11.1 Å². The Morgan fingerprint density at radius 2 is 2.31 bits per heavy atom. The van der Waals surface area contributed by atoms with Crippen molar-refractivity contribution in [3.63, 3.8) is 0 Å². The van der Waals surface area contributed by atoms with Gasteiger partial charge in [0.15, 0.2) is 5.69 Å². The molecule has 74 valence electrons. The average Bonchev–Trinajstić information content (AvgIpc) is 2.68. The molecule has 0 aliphatic heterocycles. The second-order valence-corrected chi connectivity index (χ2v) is 2.36. The zero-order valence-electron chi connectivity index (χ0n) is 7.83. The van der Waals surface area contributed by atoms with Gasteiger partial charge in [0.2, 0.25) is 0 Å².